The Hall–Kier alpha value is -1.85. The van der Waals surface area contributed by atoms with Crippen molar-refractivity contribution in [2.75, 3.05) is 33.6 Å². The monoisotopic (exact) mass is 460 g/mol. The van der Waals surface area contributed by atoms with E-state index in [1.165, 1.54) is 17.8 Å². The number of nitrogens with zero attached hydrogens (tertiary/aromatic N) is 2. The van der Waals surface area contributed by atoms with Gasteiger partial charge >= 0.3 is 0 Å². The fourth-order valence-electron chi connectivity index (χ4n) is 2.39. The Kier molecular flexibility index (Phi) is 8.29. The Morgan fingerprint density at radius 2 is 1.83 bits per heavy atom. The standard InChI is InChI=1S/C18H21ClN2O6S2/c1-20(2)12-13-10-15(26-8-9-27-29(3,24)25)5-7-17(13)28-18-6-4-14(19)11-16(18)21(22)23/h4-7,10-11H,8-9,12H2,1-3H3. The number of nitro benzene ring substituents is 1. The van der Waals surface area contributed by atoms with Gasteiger partial charge in [0, 0.05) is 22.5 Å². The molecular weight excluding hydrogens is 440 g/mol. The van der Waals surface area contributed by atoms with Crippen LogP contribution in [0, 0.1) is 10.1 Å². The largest absolute Gasteiger partial charge is 0.491 e. The molecule has 158 valence electrons. The third kappa shape index (κ3) is 7.82. The van der Waals surface area contributed by atoms with Crippen LogP contribution in [0.3, 0.4) is 0 Å². The van der Waals surface area contributed by atoms with Gasteiger partial charge in [-0.05, 0) is 50.0 Å². The van der Waals surface area contributed by atoms with Crippen molar-refractivity contribution in [2.24, 2.45) is 0 Å². The van der Waals surface area contributed by atoms with Crippen molar-refractivity contribution in [3.05, 3.63) is 57.1 Å². The van der Waals surface area contributed by atoms with Crippen LogP contribution in [0.5, 0.6) is 5.75 Å². The smallest absolute Gasteiger partial charge is 0.284 e. The van der Waals surface area contributed by atoms with Gasteiger partial charge < -0.3 is 9.64 Å². The van der Waals surface area contributed by atoms with Crippen molar-refractivity contribution < 1.29 is 22.3 Å². The van der Waals surface area contributed by atoms with Crippen molar-refractivity contribution in [1.29, 1.82) is 0 Å². The summed E-state index contributed by atoms with van der Waals surface area (Å²) in [5.74, 6) is 0.550. The lowest BCUT2D eigenvalue weighted by Gasteiger charge is -2.16. The second-order valence-corrected chi connectivity index (χ2v) is 9.52. The molecule has 0 radical (unpaired) electrons. The molecule has 2 aromatic rings. The molecule has 0 fully saturated rings. The molecule has 0 heterocycles. The summed E-state index contributed by atoms with van der Waals surface area (Å²) >= 11 is 7.16. The van der Waals surface area contributed by atoms with E-state index in [0.717, 1.165) is 16.7 Å². The first-order chi connectivity index (χ1) is 13.5. The van der Waals surface area contributed by atoms with Crippen LogP contribution in [0.2, 0.25) is 5.02 Å². The highest BCUT2D eigenvalue weighted by molar-refractivity contribution is 7.99. The first-order valence-electron chi connectivity index (χ1n) is 8.42. The lowest BCUT2D eigenvalue weighted by molar-refractivity contribution is -0.387. The topological polar surface area (TPSA) is 99.0 Å². The Morgan fingerprint density at radius 1 is 1.14 bits per heavy atom. The van der Waals surface area contributed by atoms with Crippen LogP contribution in [-0.2, 0) is 20.8 Å². The fraction of sp³-hybridized carbons (Fsp3) is 0.333. The molecule has 0 aliphatic heterocycles. The van der Waals surface area contributed by atoms with Gasteiger partial charge in [-0.25, -0.2) is 0 Å². The fourth-order valence-corrected chi connectivity index (χ4v) is 3.93. The first kappa shape index (κ1) is 23.4. The Morgan fingerprint density at radius 3 is 2.45 bits per heavy atom. The molecule has 0 saturated carbocycles. The van der Waals surface area contributed by atoms with Gasteiger partial charge in [0.2, 0.25) is 0 Å². The maximum absolute atomic E-state index is 11.3. The minimum atomic E-state index is -3.51. The summed E-state index contributed by atoms with van der Waals surface area (Å²) in [6, 6.07) is 9.93. The molecule has 2 aromatic carbocycles. The van der Waals surface area contributed by atoms with Crippen LogP contribution in [0.4, 0.5) is 5.69 Å². The average molecular weight is 461 g/mol. The van der Waals surface area contributed by atoms with Crippen LogP contribution < -0.4 is 4.74 Å². The molecular formula is C18H21ClN2O6S2. The zero-order valence-electron chi connectivity index (χ0n) is 16.1. The number of rotatable bonds is 10. The second kappa shape index (κ2) is 10.3. The third-order valence-corrected chi connectivity index (χ3v) is 5.52. The van der Waals surface area contributed by atoms with E-state index < -0.39 is 15.0 Å². The van der Waals surface area contributed by atoms with Gasteiger partial charge in [-0.3, -0.25) is 14.3 Å². The molecule has 2 rings (SSSR count). The van der Waals surface area contributed by atoms with E-state index in [-0.39, 0.29) is 18.9 Å². The molecule has 0 aliphatic rings. The predicted octanol–water partition coefficient (Wildman–Crippen LogP) is 3.82. The SMILES string of the molecule is CN(C)Cc1cc(OCCOS(C)(=O)=O)ccc1Sc1ccc(Cl)cc1[N+](=O)[O-]. The lowest BCUT2D eigenvalue weighted by atomic mass is 10.2. The quantitative estimate of drug-likeness (QED) is 0.228. The molecule has 0 atom stereocenters. The summed E-state index contributed by atoms with van der Waals surface area (Å²) < 4.78 is 32.2. The number of hydrogen-bond donors (Lipinski definition) is 0. The van der Waals surface area contributed by atoms with E-state index in [1.807, 2.05) is 31.1 Å². The number of ether oxygens (including phenoxy) is 1. The molecule has 29 heavy (non-hydrogen) atoms. The molecule has 0 saturated heterocycles. The first-order valence-corrected chi connectivity index (χ1v) is 11.4. The summed E-state index contributed by atoms with van der Waals surface area (Å²) in [5.41, 5.74) is 0.849. The zero-order chi connectivity index (χ0) is 21.6. The highest BCUT2D eigenvalue weighted by Gasteiger charge is 2.17. The van der Waals surface area contributed by atoms with Gasteiger partial charge in [0.15, 0.2) is 0 Å². The van der Waals surface area contributed by atoms with Crippen LogP contribution >= 0.6 is 23.4 Å². The van der Waals surface area contributed by atoms with E-state index in [4.69, 9.17) is 16.3 Å². The molecule has 0 N–H and O–H groups in total. The van der Waals surface area contributed by atoms with Crippen molar-refractivity contribution >= 4 is 39.2 Å². The second-order valence-electron chi connectivity index (χ2n) is 6.35. The zero-order valence-corrected chi connectivity index (χ0v) is 18.5. The van der Waals surface area contributed by atoms with Gasteiger partial charge in [-0.15, -0.1) is 0 Å². The predicted molar refractivity (Wildman–Crippen MR) is 112 cm³/mol. The van der Waals surface area contributed by atoms with Gasteiger partial charge in [0.05, 0.1) is 16.1 Å². The van der Waals surface area contributed by atoms with Crippen LogP contribution in [0.15, 0.2) is 46.2 Å². The highest BCUT2D eigenvalue weighted by Crippen LogP contribution is 2.39. The van der Waals surface area contributed by atoms with E-state index >= 15 is 0 Å². The Labute approximate surface area is 179 Å². The number of benzene rings is 2. The third-order valence-electron chi connectivity index (χ3n) is 3.51. The van der Waals surface area contributed by atoms with E-state index in [2.05, 4.69) is 4.18 Å². The number of nitro groups is 1. The number of halogens is 1. The average Bonchev–Trinajstić information content (AvgIpc) is 2.60. The van der Waals surface area contributed by atoms with Crippen molar-refractivity contribution in [1.82, 2.24) is 4.90 Å². The maximum atomic E-state index is 11.3. The Bertz CT molecular complexity index is 982. The van der Waals surface area contributed by atoms with Gasteiger partial charge in [0.1, 0.15) is 19.0 Å². The van der Waals surface area contributed by atoms with Gasteiger partial charge in [-0.2, -0.15) is 8.42 Å². The Balaban J connectivity index is 2.22. The minimum absolute atomic E-state index is 0.0587. The minimum Gasteiger partial charge on any atom is -0.491 e. The summed E-state index contributed by atoms with van der Waals surface area (Å²) in [5, 5.41) is 11.6. The summed E-state index contributed by atoms with van der Waals surface area (Å²) in [4.78, 5) is 14.2. The van der Waals surface area contributed by atoms with Crippen molar-refractivity contribution in [3.63, 3.8) is 0 Å². The van der Waals surface area contributed by atoms with Crippen molar-refractivity contribution in [2.45, 2.75) is 16.3 Å². The van der Waals surface area contributed by atoms with E-state index in [1.54, 1.807) is 18.2 Å². The molecule has 11 heteroatoms. The maximum Gasteiger partial charge on any atom is 0.284 e. The molecule has 0 aromatic heterocycles. The normalized spacial score (nSPS) is 11.6. The van der Waals surface area contributed by atoms with Crippen LogP contribution in [0.25, 0.3) is 0 Å². The van der Waals surface area contributed by atoms with Crippen LogP contribution in [0.1, 0.15) is 5.56 Å². The molecule has 0 amide bonds. The van der Waals surface area contributed by atoms with E-state index in [0.29, 0.717) is 22.2 Å². The van der Waals surface area contributed by atoms with E-state index in [9.17, 15) is 18.5 Å². The highest BCUT2D eigenvalue weighted by atomic mass is 35.5. The summed E-state index contributed by atoms with van der Waals surface area (Å²) in [6.07, 6.45) is 0.976. The summed E-state index contributed by atoms with van der Waals surface area (Å²) in [6.45, 7) is 0.569. The van der Waals surface area contributed by atoms with Gasteiger partial charge in [0.25, 0.3) is 15.8 Å². The molecule has 0 aliphatic carbocycles. The van der Waals surface area contributed by atoms with Crippen LogP contribution in [-0.4, -0.2) is 51.8 Å². The molecule has 8 nitrogen and oxygen atoms in total. The van der Waals surface area contributed by atoms with Crippen molar-refractivity contribution in [3.8, 4) is 5.75 Å². The van der Waals surface area contributed by atoms with Gasteiger partial charge in [-0.1, -0.05) is 23.4 Å². The number of hydrogen-bond acceptors (Lipinski definition) is 8. The molecule has 0 spiro atoms. The lowest BCUT2D eigenvalue weighted by Crippen LogP contribution is -2.13. The molecule has 0 bridgehead atoms. The summed E-state index contributed by atoms with van der Waals surface area (Å²) in [7, 11) is 0.306. The molecule has 0 unspecified atom stereocenters.